The molecular formula is C14H26N2O3. The summed E-state index contributed by atoms with van der Waals surface area (Å²) in [5.74, 6) is 0. The van der Waals surface area contributed by atoms with Gasteiger partial charge < -0.3 is 20.1 Å². The summed E-state index contributed by atoms with van der Waals surface area (Å²) >= 11 is 0. The molecule has 0 aliphatic carbocycles. The van der Waals surface area contributed by atoms with Crippen molar-refractivity contribution in [3.63, 3.8) is 0 Å². The number of carbonyl (C=O) groups excluding carboxylic acids is 1. The van der Waals surface area contributed by atoms with Crippen molar-refractivity contribution in [3.8, 4) is 0 Å². The molecule has 2 saturated heterocycles. The van der Waals surface area contributed by atoms with Crippen molar-refractivity contribution in [1.29, 1.82) is 0 Å². The van der Waals surface area contributed by atoms with Crippen LogP contribution in [0.25, 0.3) is 0 Å². The molecule has 2 aliphatic heterocycles. The van der Waals surface area contributed by atoms with Crippen LogP contribution in [-0.2, 0) is 4.74 Å². The molecule has 19 heavy (non-hydrogen) atoms. The van der Waals surface area contributed by atoms with Crippen molar-refractivity contribution in [2.45, 2.75) is 51.7 Å². The summed E-state index contributed by atoms with van der Waals surface area (Å²) in [7, 11) is 0. The summed E-state index contributed by atoms with van der Waals surface area (Å²) in [4.78, 5) is 14.1. The van der Waals surface area contributed by atoms with Crippen LogP contribution in [0.15, 0.2) is 0 Å². The fourth-order valence-corrected chi connectivity index (χ4v) is 2.93. The topological polar surface area (TPSA) is 61.8 Å². The van der Waals surface area contributed by atoms with Crippen molar-refractivity contribution < 1.29 is 14.6 Å². The smallest absolute Gasteiger partial charge is 0.410 e. The zero-order valence-corrected chi connectivity index (χ0v) is 12.2. The van der Waals surface area contributed by atoms with E-state index in [9.17, 15) is 9.90 Å². The van der Waals surface area contributed by atoms with Gasteiger partial charge in [-0.3, -0.25) is 0 Å². The lowest BCUT2D eigenvalue weighted by atomic mass is 9.78. The molecule has 1 amide bonds. The van der Waals surface area contributed by atoms with E-state index < -0.39 is 5.60 Å². The van der Waals surface area contributed by atoms with E-state index in [-0.39, 0.29) is 24.2 Å². The maximum Gasteiger partial charge on any atom is 0.410 e. The van der Waals surface area contributed by atoms with Gasteiger partial charge in [-0.25, -0.2) is 4.79 Å². The highest BCUT2D eigenvalue weighted by molar-refractivity contribution is 5.68. The minimum Gasteiger partial charge on any atom is -0.444 e. The summed E-state index contributed by atoms with van der Waals surface area (Å²) in [5, 5.41) is 12.8. The van der Waals surface area contributed by atoms with Crippen LogP contribution in [-0.4, -0.2) is 54.0 Å². The van der Waals surface area contributed by atoms with Crippen molar-refractivity contribution in [2.24, 2.45) is 5.41 Å². The molecule has 5 heteroatoms. The van der Waals surface area contributed by atoms with Gasteiger partial charge in [0, 0.05) is 25.0 Å². The predicted octanol–water partition coefficient (Wildman–Crippen LogP) is 1.36. The van der Waals surface area contributed by atoms with Crippen LogP contribution in [0.1, 0.15) is 40.0 Å². The summed E-state index contributed by atoms with van der Waals surface area (Å²) < 4.78 is 5.48. The van der Waals surface area contributed by atoms with E-state index in [0.717, 1.165) is 32.4 Å². The van der Waals surface area contributed by atoms with Crippen LogP contribution in [0.4, 0.5) is 4.79 Å². The number of hydrogen-bond donors (Lipinski definition) is 2. The zero-order valence-electron chi connectivity index (χ0n) is 12.2. The first-order valence-electron chi connectivity index (χ1n) is 7.16. The van der Waals surface area contributed by atoms with Crippen molar-refractivity contribution in [2.75, 3.05) is 26.2 Å². The second kappa shape index (κ2) is 5.29. The van der Waals surface area contributed by atoms with Crippen molar-refractivity contribution in [3.05, 3.63) is 0 Å². The Morgan fingerprint density at radius 3 is 2.63 bits per heavy atom. The summed E-state index contributed by atoms with van der Waals surface area (Å²) in [5.41, 5.74) is -0.296. The molecule has 2 aliphatic rings. The molecule has 1 unspecified atom stereocenters. The van der Waals surface area contributed by atoms with Crippen molar-refractivity contribution >= 4 is 6.09 Å². The standard InChI is InChI=1S/C14H26N2O3/c1-13(2,3)19-12(18)16-10-14(8-15-9-14)6-4-5-11(16)7-17/h11,15,17H,4-10H2,1-3H3. The molecule has 2 N–H and O–H groups in total. The van der Waals surface area contributed by atoms with Crippen LogP contribution in [0, 0.1) is 5.41 Å². The fourth-order valence-electron chi connectivity index (χ4n) is 2.93. The molecule has 0 aromatic rings. The highest BCUT2D eigenvalue weighted by Crippen LogP contribution is 2.35. The van der Waals surface area contributed by atoms with E-state index in [1.807, 2.05) is 20.8 Å². The van der Waals surface area contributed by atoms with Gasteiger partial charge in [-0.1, -0.05) is 6.42 Å². The van der Waals surface area contributed by atoms with Gasteiger partial charge in [0.1, 0.15) is 5.60 Å². The molecule has 0 radical (unpaired) electrons. The predicted molar refractivity (Wildman–Crippen MR) is 73.0 cm³/mol. The second-order valence-corrected chi connectivity index (χ2v) is 6.94. The van der Waals surface area contributed by atoms with Gasteiger partial charge in [-0.15, -0.1) is 0 Å². The number of nitrogens with zero attached hydrogens (tertiary/aromatic N) is 1. The summed E-state index contributed by atoms with van der Waals surface area (Å²) in [6.45, 7) is 8.25. The lowest BCUT2D eigenvalue weighted by Gasteiger charge is -2.45. The molecule has 2 fully saturated rings. The molecular weight excluding hydrogens is 244 g/mol. The van der Waals surface area contributed by atoms with Gasteiger partial charge >= 0.3 is 6.09 Å². The van der Waals surface area contributed by atoms with Crippen LogP contribution in [0.2, 0.25) is 0 Å². The van der Waals surface area contributed by atoms with Gasteiger partial charge in [0.05, 0.1) is 12.6 Å². The van der Waals surface area contributed by atoms with Crippen LogP contribution >= 0.6 is 0 Å². The second-order valence-electron chi connectivity index (χ2n) is 6.94. The summed E-state index contributed by atoms with van der Waals surface area (Å²) in [6.07, 6.45) is 2.75. The minimum atomic E-state index is -0.492. The molecule has 110 valence electrons. The zero-order chi connectivity index (χ0) is 14.1. The van der Waals surface area contributed by atoms with E-state index in [0.29, 0.717) is 6.54 Å². The third kappa shape index (κ3) is 3.39. The molecule has 1 atom stereocenters. The maximum atomic E-state index is 12.3. The first kappa shape index (κ1) is 14.6. The Labute approximate surface area is 115 Å². The molecule has 0 aromatic carbocycles. The van der Waals surface area contributed by atoms with E-state index in [4.69, 9.17) is 4.74 Å². The fraction of sp³-hybridized carbons (Fsp3) is 0.929. The Kier molecular flexibility index (Phi) is 4.06. The number of aliphatic hydroxyl groups excluding tert-OH is 1. The molecule has 2 heterocycles. The Morgan fingerprint density at radius 1 is 1.47 bits per heavy atom. The van der Waals surface area contributed by atoms with Gasteiger partial charge in [0.2, 0.25) is 0 Å². The molecule has 0 saturated carbocycles. The molecule has 0 aromatic heterocycles. The van der Waals surface area contributed by atoms with Gasteiger partial charge in [-0.05, 0) is 33.6 Å². The number of ether oxygens (including phenoxy) is 1. The summed E-state index contributed by atoms with van der Waals surface area (Å²) in [6, 6.07) is -0.102. The van der Waals surface area contributed by atoms with E-state index in [2.05, 4.69) is 5.32 Å². The Hall–Kier alpha value is -0.810. The van der Waals surface area contributed by atoms with Crippen LogP contribution < -0.4 is 5.32 Å². The third-order valence-corrected chi connectivity index (χ3v) is 4.03. The third-order valence-electron chi connectivity index (χ3n) is 4.03. The molecule has 2 rings (SSSR count). The number of carbonyl (C=O) groups is 1. The van der Waals surface area contributed by atoms with E-state index in [1.54, 1.807) is 4.90 Å². The maximum absolute atomic E-state index is 12.3. The number of aliphatic hydroxyl groups is 1. The van der Waals surface area contributed by atoms with Gasteiger partial charge in [0.25, 0.3) is 0 Å². The average molecular weight is 270 g/mol. The SMILES string of the molecule is CC(C)(C)OC(=O)N1CC2(CCCC1CO)CNC2. The first-order valence-corrected chi connectivity index (χ1v) is 7.16. The average Bonchev–Trinajstić information content (AvgIpc) is 2.44. The first-order chi connectivity index (χ1) is 8.85. The number of hydrogen-bond acceptors (Lipinski definition) is 4. The minimum absolute atomic E-state index is 0.0166. The molecule has 0 bridgehead atoms. The number of rotatable bonds is 1. The van der Waals surface area contributed by atoms with Crippen molar-refractivity contribution in [1.82, 2.24) is 10.2 Å². The number of amides is 1. The van der Waals surface area contributed by atoms with Crippen LogP contribution in [0.3, 0.4) is 0 Å². The Bertz CT molecular complexity index is 334. The molecule has 1 spiro atoms. The normalized spacial score (nSPS) is 26.7. The van der Waals surface area contributed by atoms with E-state index >= 15 is 0 Å². The highest BCUT2D eigenvalue weighted by Gasteiger charge is 2.43. The van der Waals surface area contributed by atoms with Gasteiger partial charge in [-0.2, -0.15) is 0 Å². The van der Waals surface area contributed by atoms with E-state index in [1.165, 1.54) is 0 Å². The number of nitrogens with one attached hydrogen (secondary N) is 1. The highest BCUT2D eigenvalue weighted by atomic mass is 16.6. The largest absolute Gasteiger partial charge is 0.444 e. The number of likely N-dealkylation sites (tertiary alicyclic amines) is 1. The lowest BCUT2D eigenvalue weighted by Crippen LogP contribution is -2.60. The Balaban J connectivity index is 2.09. The lowest BCUT2D eigenvalue weighted by molar-refractivity contribution is -0.00484. The van der Waals surface area contributed by atoms with Gasteiger partial charge in [0.15, 0.2) is 0 Å². The van der Waals surface area contributed by atoms with Crippen LogP contribution in [0.5, 0.6) is 0 Å². The quantitative estimate of drug-likeness (QED) is 0.755. The molecule has 5 nitrogen and oxygen atoms in total. The monoisotopic (exact) mass is 270 g/mol. The Morgan fingerprint density at radius 2 is 2.16 bits per heavy atom.